The van der Waals surface area contributed by atoms with Gasteiger partial charge in [-0.1, -0.05) is 11.6 Å². The van der Waals surface area contributed by atoms with Crippen LogP contribution in [0.5, 0.6) is 0 Å². The molecule has 1 amide bonds. The summed E-state index contributed by atoms with van der Waals surface area (Å²) in [5.41, 5.74) is 2.80. The summed E-state index contributed by atoms with van der Waals surface area (Å²) in [5, 5.41) is 7.88. The SMILES string of the molecule is CCS(=O)(=O)N(C)c1ccc(C(=O)NCCCNc2ccnc3cc(Cl)ccc23)cc1. The first-order valence-electron chi connectivity index (χ1n) is 9.95. The van der Waals surface area contributed by atoms with Crippen molar-refractivity contribution in [1.29, 1.82) is 0 Å². The first-order valence-corrected chi connectivity index (χ1v) is 11.9. The van der Waals surface area contributed by atoms with Gasteiger partial charge in [-0.3, -0.25) is 14.1 Å². The molecule has 1 heterocycles. The number of nitrogens with zero attached hydrogens (tertiary/aromatic N) is 2. The third-order valence-corrected chi connectivity index (χ3v) is 6.94. The van der Waals surface area contributed by atoms with Crippen molar-refractivity contribution in [3.8, 4) is 0 Å². The standard InChI is InChI=1S/C22H25ClN4O3S/c1-3-31(29,30)27(2)18-8-5-16(6-9-18)22(28)26-13-4-12-24-20-11-14-25-21-15-17(23)7-10-19(20)21/h5-11,14-15H,3-4,12-13H2,1-2H3,(H,24,25)(H,26,28). The van der Waals surface area contributed by atoms with Crippen molar-refractivity contribution in [2.45, 2.75) is 13.3 Å². The summed E-state index contributed by atoms with van der Waals surface area (Å²) >= 11 is 6.02. The van der Waals surface area contributed by atoms with Gasteiger partial charge in [-0.05, 0) is 61.9 Å². The molecule has 9 heteroatoms. The van der Waals surface area contributed by atoms with E-state index in [0.29, 0.717) is 29.4 Å². The van der Waals surface area contributed by atoms with Crippen LogP contribution in [0.15, 0.2) is 54.7 Å². The lowest BCUT2D eigenvalue weighted by Gasteiger charge is -2.18. The van der Waals surface area contributed by atoms with E-state index in [1.165, 1.54) is 11.4 Å². The van der Waals surface area contributed by atoms with Crippen LogP contribution in [0.3, 0.4) is 0 Å². The van der Waals surface area contributed by atoms with Crippen molar-refractivity contribution in [2.75, 3.05) is 35.5 Å². The van der Waals surface area contributed by atoms with E-state index in [0.717, 1.165) is 23.0 Å². The van der Waals surface area contributed by atoms with E-state index in [9.17, 15) is 13.2 Å². The number of hydrogen-bond acceptors (Lipinski definition) is 5. The molecule has 164 valence electrons. The number of hydrogen-bond donors (Lipinski definition) is 2. The maximum Gasteiger partial charge on any atom is 0.251 e. The Morgan fingerprint density at radius 1 is 1.10 bits per heavy atom. The number of amides is 1. The minimum Gasteiger partial charge on any atom is -0.384 e. The molecule has 0 bridgehead atoms. The fourth-order valence-electron chi connectivity index (χ4n) is 3.07. The third kappa shape index (κ3) is 5.65. The number of pyridine rings is 1. The summed E-state index contributed by atoms with van der Waals surface area (Å²) in [7, 11) is -1.83. The van der Waals surface area contributed by atoms with Crippen molar-refractivity contribution in [3.63, 3.8) is 0 Å². The molecule has 0 saturated carbocycles. The van der Waals surface area contributed by atoms with Crippen LogP contribution in [0.4, 0.5) is 11.4 Å². The van der Waals surface area contributed by atoms with E-state index in [4.69, 9.17) is 11.6 Å². The number of aromatic nitrogens is 1. The zero-order valence-electron chi connectivity index (χ0n) is 17.4. The predicted molar refractivity (Wildman–Crippen MR) is 126 cm³/mol. The summed E-state index contributed by atoms with van der Waals surface area (Å²) in [4.78, 5) is 16.7. The summed E-state index contributed by atoms with van der Waals surface area (Å²) in [6.45, 7) is 2.78. The molecule has 1 aromatic heterocycles. The Morgan fingerprint density at radius 2 is 1.84 bits per heavy atom. The van der Waals surface area contributed by atoms with Gasteiger partial charge in [0.1, 0.15) is 0 Å². The van der Waals surface area contributed by atoms with Gasteiger partial charge in [-0.25, -0.2) is 8.42 Å². The highest BCUT2D eigenvalue weighted by Crippen LogP contribution is 2.24. The van der Waals surface area contributed by atoms with Gasteiger partial charge in [-0.2, -0.15) is 0 Å². The van der Waals surface area contributed by atoms with Gasteiger partial charge < -0.3 is 10.6 Å². The largest absolute Gasteiger partial charge is 0.384 e. The van der Waals surface area contributed by atoms with Crippen molar-refractivity contribution in [1.82, 2.24) is 10.3 Å². The topological polar surface area (TPSA) is 91.4 Å². The van der Waals surface area contributed by atoms with E-state index >= 15 is 0 Å². The minimum absolute atomic E-state index is 0.0167. The average Bonchev–Trinajstić information content (AvgIpc) is 2.78. The van der Waals surface area contributed by atoms with Gasteiger partial charge >= 0.3 is 0 Å². The Kier molecular flexibility index (Phi) is 7.35. The molecule has 0 aliphatic rings. The summed E-state index contributed by atoms with van der Waals surface area (Å²) < 4.78 is 25.1. The van der Waals surface area contributed by atoms with Gasteiger partial charge in [0.15, 0.2) is 0 Å². The minimum atomic E-state index is -3.33. The van der Waals surface area contributed by atoms with E-state index < -0.39 is 10.0 Å². The van der Waals surface area contributed by atoms with Crippen LogP contribution in [-0.2, 0) is 10.0 Å². The molecule has 3 rings (SSSR count). The molecule has 0 atom stereocenters. The molecular weight excluding hydrogens is 436 g/mol. The Bertz CT molecular complexity index is 1170. The first kappa shape index (κ1) is 22.8. The number of carbonyl (C=O) groups is 1. The normalized spacial score (nSPS) is 11.3. The fraction of sp³-hybridized carbons (Fsp3) is 0.273. The zero-order chi connectivity index (χ0) is 22.4. The van der Waals surface area contributed by atoms with Crippen molar-refractivity contribution in [2.24, 2.45) is 0 Å². The van der Waals surface area contributed by atoms with Crippen LogP contribution in [0.25, 0.3) is 10.9 Å². The zero-order valence-corrected chi connectivity index (χ0v) is 19.0. The van der Waals surface area contributed by atoms with E-state index in [1.54, 1.807) is 37.4 Å². The lowest BCUT2D eigenvalue weighted by molar-refractivity contribution is 0.0953. The van der Waals surface area contributed by atoms with Crippen LogP contribution >= 0.6 is 11.6 Å². The second-order valence-electron chi connectivity index (χ2n) is 6.97. The summed E-state index contributed by atoms with van der Waals surface area (Å²) in [5.74, 6) is -0.181. The van der Waals surface area contributed by atoms with Crippen LogP contribution in [0, 0.1) is 0 Å². The number of halogens is 1. The van der Waals surface area contributed by atoms with Gasteiger partial charge in [0.05, 0.1) is 17.0 Å². The van der Waals surface area contributed by atoms with E-state index in [1.807, 2.05) is 24.3 Å². The second-order valence-corrected chi connectivity index (χ2v) is 9.70. The van der Waals surface area contributed by atoms with Crippen LogP contribution in [0.1, 0.15) is 23.7 Å². The second kappa shape index (κ2) is 9.98. The molecule has 0 unspecified atom stereocenters. The number of nitrogens with one attached hydrogen (secondary N) is 2. The molecule has 2 aromatic carbocycles. The number of rotatable bonds is 9. The fourth-order valence-corrected chi connectivity index (χ4v) is 4.06. The molecule has 0 spiro atoms. The Hall–Kier alpha value is -2.84. The van der Waals surface area contributed by atoms with Gasteiger partial charge in [0.25, 0.3) is 5.91 Å². The quantitative estimate of drug-likeness (QED) is 0.472. The lowest BCUT2D eigenvalue weighted by atomic mass is 10.2. The number of benzene rings is 2. The summed E-state index contributed by atoms with van der Waals surface area (Å²) in [6.07, 6.45) is 2.47. The maximum atomic E-state index is 12.3. The monoisotopic (exact) mass is 460 g/mol. The van der Waals surface area contributed by atoms with Crippen LogP contribution in [-0.4, -0.2) is 45.2 Å². The molecule has 0 saturated heterocycles. The smallest absolute Gasteiger partial charge is 0.251 e. The predicted octanol–water partition coefficient (Wildman–Crippen LogP) is 3.91. The Labute approximate surface area is 187 Å². The Morgan fingerprint density at radius 3 is 2.55 bits per heavy atom. The van der Waals surface area contributed by atoms with Gasteiger partial charge in [0, 0.05) is 48.0 Å². The van der Waals surface area contributed by atoms with Crippen molar-refractivity contribution < 1.29 is 13.2 Å². The highest BCUT2D eigenvalue weighted by molar-refractivity contribution is 7.92. The molecule has 0 fully saturated rings. The maximum absolute atomic E-state index is 12.3. The molecule has 0 aliphatic heterocycles. The van der Waals surface area contributed by atoms with E-state index in [2.05, 4.69) is 15.6 Å². The molecule has 31 heavy (non-hydrogen) atoms. The average molecular weight is 461 g/mol. The van der Waals surface area contributed by atoms with Crippen LogP contribution in [0.2, 0.25) is 5.02 Å². The third-order valence-electron chi connectivity index (χ3n) is 4.93. The highest BCUT2D eigenvalue weighted by Gasteiger charge is 2.16. The molecule has 7 nitrogen and oxygen atoms in total. The molecule has 2 N–H and O–H groups in total. The Balaban J connectivity index is 1.49. The summed E-state index contributed by atoms with van der Waals surface area (Å²) in [6, 6.07) is 14.0. The van der Waals surface area contributed by atoms with Gasteiger partial charge in [0.2, 0.25) is 10.0 Å². The van der Waals surface area contributed by atoms with E-state index in [-0.39, 0.29) is 11.7 Å². The molecule has 0 radical (unpaired) electrons. The number of fused-ring (bicyclic) bond motifs is 1. The lowest BCUT2D eigenvalue weighted by Crippen LogP contribution is -2.28. The molecular formula is C22H25ClN4O3S. The number of carbonyl (C=O) groups excluding carboxylic acids is 1. The number of anilines is 2. The van der Waals surface area contributed by atoms with Gasteiger partial charge in [-0.15, -0.1) is 0 Å². The van der Waals surface area contributed by atoms with Crippen molar-refractivity contribution in [3.05, 3.63) is 65.3 Å². The first-order chi connectivity index (χ1) is 14.8. The van der Waals surface area contributed by atoms with Crippen LogP contribution < -0.4 is 14.9 Å². The van der Waals surface area contributed by atoms with Crippen molar-refractivity contribution >= 4 is 49.8 Å². The molecule has 3 aromatic rings. The number of sulfonamides is 1. The highest BCUT2D eigenvalue weighted by atomic mass is 35.5. The molecule has 0 aliphatic carbocycles.